The normalized spacial score (nSPS) is 20.7. The Labute approximate surface area is 187 Å². The van der Waals surface area contributed by atoms with E-state index >= 15 is 0 Å². The second-order valence-electron chi connectivity index (χ2n) is 9.35. The average Bonchev–Trinajstić information content (AvgIpc) is 3.13. The number of carbonyl (C=O) groups is 1. The lowest BCUT2D eigenvalue weighted by atomic mass is 9.82. The molecule has 1 aromatic carbocycles. The van der Waals surface area contributed by atoms with Crippen molar-refractivity contribution in [3.63, 3.8) is 0 Å². The van der Waals surface area contributed by atoms with Crippen LogP contribution in [0.2, 0.25) is 0 Å². The number of methoxy groups -OCH3 is 2. The van der Waals surface area contributed by atoms with Gasteiger partial charge in [0.15, 0.2) is 11.5 Å². The molecule has 176 valence electrons. The molecule has 1 fully saturated rings. The monoisotopic (exact) mass is 435 g/mol. The van der Waals surface area contributed by atoms with Crippen LogP contribution in [0.5, 0.6) is 11.5 Å². The lowest BCUT2D eigenvalue weighted by Gasteiger charge is -2.27. The van der Waals surface area contributed by atoms with E-state index < -0.39 is 0 Å². The lowest BCUT2D eigenvalue weighted by Crippen LogP contribution is -2.37. The standard InChI is InChI=1S/C25H41NO5/c1-16(2)19(14-21(26)23-15-20(17(3)4)25(27)31-23)12-18-8-9-22(29-6)24(13-18)30-11-7-10-28-5/h8-9,13,16-17,19-21,23H,7,10-12,14-15,26H2,1-6H3/t19?,20?,21-,23?/m0/s1. The molecule has 1 aliphatic heterocycles. The molecule has 31 heavy (non-hydrogen) atoms. The Hall–Kier alpha value is -1.79. The third-order valence-corrected chi connectivity index (χ3v) is 6.33. The van der Waals surface area contributed by atoms with E-state index in [1.807, 2.05) is 6.07 Å². The Morgan fingerprint density at radius 1 is 1.13 bits per heavy atom. The van der Waals surface area contributed by atoms with Crippen LogP contribution in [-0.4, -0.2) is 45.5 Å². The number of esters is 1. The van der Waals surface area contributed by atoms with Crippen LogP contribution in [0.3, 0.4) is 0 Å². The van der Waals surface area contributed by atoms with Gasteiger partial charge in [-0.15, -0.1) is 0 Å². The molecule has 1 aromatic rings. The zero-order valence-electron chi connectivity index (χ0n) is 20.1. The number of hydrogen-bond donors (Lipinski definition) is 1. The molecule has 0 spiro atoms. The van der Waals surface area contributed by atoms with Gasteiger partial charge in [0.2, 0.25) is 0 Å². The molecule has 0 aromatic heterocycles. The Bertz CT molecular complexity index is 690. The van der Waals surface area contributed by atoms with Gasteiger partial charge in [-0.05, 0) is 54.7 Å². The minimum Gasteiger partial charge on any atom is -0.493 e. The second-order valence-corrected chi connectivity index (χ2v) is 9.35. The lowest BCUT2D eigenvalue weighted by molar-refractivity contribution is -0.146. The largest absolute Gasteiger partial charge is 0.493 e. The molecule has 0 saturated carbocycles. The number of carbonyl (C=O) groups excluding carboxylic acids is 1. The van der Waals surface area contributed by atoms with Crippen LogP contribution < -0.4 is 15.2 Å². The van der Waals surface area contributed by atoms with Crippen LogP contribution in [0.15, 0.2) is 18.2 Å². The van der Waals surface area contributed by atoms with Gasteiger partial charge in [-0.3, -0.25) is 4.79 Å². The first kappa shape index (κ1) is 25.5. The molecule has 1 heterocycles. The van der Waals surface area contributed by atoms with Crippen molar-refractivity contribution in [2.24, 2.45) is 29.4 Å². The summed E-state index contributed by atoms with van der Waals surface area (Å²) in [6.45, 7) is 9.82. The van der Waals surface area contributed by atoms with Crippen LogP contribution in [-0.2, 0) is 20.7 Å². The fraction of sp³-hybridized carbons (Fsp3) is 0.720. The highest BCUT2D eigenvalue weighted by molar-refractivity contribution is 5.75. The van der Waals surface area contributed by atoms with Gasteiger partial charge in [-0.25, -0.2) is 0 Å². The maximum atomic E-state index is 12.2. The number of hydrogen-bond acceptors (Lipinski definition) is 6. The van der Waals surface area contributed by atoms with Crippen molar-refractivity contribution in [3.05, 3.63) is 23.8 Å². The maximum Gasteiger partial charge on any atom is 0.309 e. The van der Waals surface area contributed by atoms with E-state index in [1.54, 1.807) is 14.2 Å². The summed E-state index contributed by atoms with van der Waals surface area (Å²) in [7, 11) is 3.34. The van der Waals surface area contributed by atoms with E-state index in [1.165, 1.54) is 5.56 Å². The van der Waals surface area contributed by atoms with E-state index in [0.717, 1.165) is 37.2 Å². The Balaban J connectivity index is 2.03. The Morgan fingerprint density at radius 3 is 2.45 bits per heavy atom. The van der Waals surface area contributed by atoms with E-state index in [-0.39, 0.29) is 30.0 Å². The minimum atomic E-state index is -0.184. The average molecular weight is 436 g/mol. The van der Waals surface area contributed by atoms with Crippen molar-refractivity contribution in [3.8, 4) is 11.5 Å². The van der Waals surface area contributed by atoms with Crippen molar-refractivity contribution in [2.75, 3.05) is 27.4 Å². The highest BCUT2D eigenvalue weighted by Gasteiger charge is 2.39. The molecule has 1 saturated heterocycles. The van der Waals surface area contributed by atoms with Crippen molar-refractivity contribution < 1.29 is 23.7 Å². The topological polar surface area (TPSA) is 80.0 Å². The minimum absolute atomic E-state index is 0.0343. The Kier molecular flexibility index (Phi) is 10.1. The smallest absolute Gasteiger partial charge is 0.309 e. The molecule has 2 N–H and O–H groups in total. The van der Waals surface area contributed by atoms with E-state index in [2.05, 4.69) is 39.8 Å². The van der Waals surface area contributed by atoms with E-state index in [4.69, 9.17) is 24.7 Å². The number of benzene rings is 1. The van der Waals surface area contributed by atoms with Gasteiger partial charge in [0.05, 0.1) is 19.6 Å². The third-order valence-electron chi connectivity index (χ3n) is 6.33. The first-order valence-corrected chi connectivity index (χ1v) is 11.5. The summed E-state index contributed by atoms with van der Waals surface area (Å²) in [5.74, 6) is 2.48. The molecular weight excluding hydrogens is 394 g/mol. The molecule has 3 unspecified atom stereocenters. The van der Waals surface area contributed by atoms with Gasteiger partial charge in [0, 0.05) is 26.2 Å². The first-order chi connectivity index (χ1) is 14.8. The van der Waals surface area contributed by atoms with Gasteiger partial charge in [-0.2, -0.15) is 0 Å². The predicted octanol–water partition coefficient (Wildman–Crippen LogP) is 4.23. The zero-order chi connectivity index (χ0) is 23.0. The fourth-order valence-corrected chi connectivity index (χ4v) is 4.18. The molecule has 2 rings (SSSR count). The number of nitrogens with two attached hydrogens (primary N) is 1. The summed E-state index contributed by atoms with van der Waals surface area (Å²) in [6, 6.07) is 5.97. The van der Waals surface area contributed by atoms with Crippen LogP contribution in [0.25, 0.3) is 0 Å². The Morgan fingerprint density at radius 2 is 1.87 bits per heavy atom. The summed E-state index contributed by atoms with van der Waals surface area (Å²) in [4.78, 5) is 12.2. The molecule has 0 bridgehead atoms. The van der Waals surface area contributed by atoms with Gasteiger partial charge in [-0.1, -0.05) is 33.8 Å². The summed E-state index contributed by atoms with van der Waals surface area (Å²) in [5.41, 5.74) is 7.72. The highest BCUT2D eigenvalue weighted by atomic mass is 16.6. The summed E-state index contributed by atoms with van der Waals surface area (Å²) >= 11 is 0. The van der Waals surface area contributed by atoms with Crippen molar-refractivity contribution in [1.29, 1.82) is 0 Å². The molecule has 1 aliphatic rings. The first-order valence-electron chi connectivity index (χ1n) is 11.5. The molecule has 0 radical (unpaired) electrons. The predicted molar refractivity (Wildman–Crippen MR) is 122 cm³/mol. The van der Waals surface area contributed by atoms with E-state index in [9.17, 15) is 4.79 Å². The number of rotatable bonds is 13. The number of cyclic esters (lactones) is 1. The molecule has 6 nitrogen and oxygen atoms in total. The quantitative estimate of drug-likeness (QED) is 0.369. The fourth-order valence-electron chi connectivity index (χ4n) is 4.18. The van der Waals surface area contributed by atoms with Gasteiger partial charge >= 0.3 is 5.97 Å². The van der Waals surface area contributed by atoms with Gasteiger partial charge < -0.3 is 24.7 Å². The van der Waals surface area contributed by atoms with Gasteiger partial charge in [0.1, 0.15) is 6.10 Å². The van der Waals surface area contributed by atoms with Crippen molar-refractivity contribution in [2.45, 2.75) is 65.5 Å². The van der Waals surface area contributed by atoms with E-state index in [0.29, 0.717) is 25.0 Å². The summed E-state index contributed by atoms with van der Waals surface area (Å²) < 4.78 is 22.1. The zero-order valence-corrected chi connectivity index (χ0v) is 20.1. The highest BCUT2D eigenvalue weighted by Crippen LogP contribution is 2.34. The van der Waals surface area contributed by atoms with Crippen molar-refractivity contribution in [1.82, 2.24) is 0 Å². The summed E-state index contributed by atoms with van der Waals surface area (Å²) in [5, 5.41) is 0. The molecule has 6 heteroatoms. The molecule has 0 aliphatic carbocycles. The second kappa shape index (κ2) is 12.3. The van der Waals surface area contributed by atoms with Crippen LogP contribution in [0.1, 0.15) is 52.5 Å². The molecular formula is C25H41NO5. The molecule has 4 atom stereocenters. The van der Waals surface area contributed by atoms with Crippen LogP contribution in [0, 0.1) is 23.7 Å². The van der Waals surface area contributed by atoms with Crippen LogP contribution in [0.4, 0.5) is 0 Å². The SMILES string of the molecule is COCCCOc1cc(CC(C[C@H](N)C2CC(C(C)C)C(=O)O2)C(C)C)ccc1OC. The molecule has 0 amide bonds. The van der Waals surface area contributed by atoms with Gasteiger partial charge in [0.25, 0.3) is 0 Å². The van der Waals surface area contributed by atoms with Crippen LogP contribution >= 0.6 is 0 Å². The summed E-state index contributed by atoms with van der Waals surface area (Å²) in [6.07, 6.45) is 3.07. The van der Waals surface area contributed by atoms with Crippen molar-refractivity contribution >= 4 is 5.97 Å². The third kappa shape index (κ3) is 7.39. The number of ether oxygens (including phenoxy) is 4. The maximum absolute atomic E-state index is 12.2.